The number of rotatable bonds is 3. The van der Waals surface area contributed by atoms with Gasteiger partial charge >= 0.3 is 0 Å². The van der Waals surface area contributed by atoms with Gasteiger partial charge in [-0.15, -0.1) is 0 Å². The molecule has 0 unspecified atom stereocenters. The summed E-state index contributed by atoms with van der Waals surface area (Å²) in [7, 11) is -3.86. The van der Waals surface area contributed by atoms with Gasteiger partial charge in [0.25, 0.3) is 10.0 Å². The summed E-state index contributed by atoms with van der Waals surface area (Å²) in [6.45, 7) is 1.66. The number of hydrogen-bond acceptors (Lipinski definition) is 3. The van der Waals surface area contributed by atoms with E-state index in [-0.39, 0.29) is 10.6 Å². The zero-order valence-corrected chi connectivity index (χ0v) is 10.8. The van der Waals surface area contributed by atoms with Crippen molar-refractivity contribution in [2.24, 2.45) is 0 Å². The van der Waals surface area contributed by atoms with E-state index < -0.39 is 21.4 Å². The third kappa shape index (κ3) is 3.00. The number of nitrogens with one attached hydrogen (secondary N) is 2. The molecule has 1 aromatic heterocycles. The Morgan fingerprint density at radius 2 is 1.95 bits per heavy atom. The van der Waals surface area contributed by atoms with Crippen LogP contribution in [0.25, 0.3) is 0 Å². The van der Waals surface area contributed by atoms with Gasteiger partial charge in [0.15, 0.2) is 0 Å². The second-order valence-corrected chi connectivity index (χ2v) is 5.64. The number of halogens is 1. The molecule has 0 fully saturated rings. The largest absolute Gasteiger partial charge is 0.328 e. The number of pyridine rings is 1. The van der Waals surface area contributed by atoms with E-state index in [1.54, 1.807) is 6.92 Å². The molecule has 1 heterocycles. The zero-order chi connectivity index (χ0) is 14.0. The molecule has 2 rings (SSSR count). The summed E-state index contributed by atoms with van der Waals surface area (Å²) in [6, 6.07) is 6.09. The number of aryl methyl sites for hydroxylation is 1. The molecule has 0 radical (unpaired) electrons. The number of anilines is 1. The molecule has 0 saturated heterocycles. The summed E-state index contributed by atoms with van der Waals surface area (Å²) in [5, 5.41) is 0. The molecule has 0 aliphatic carbocycles. The Kier molecular flexibility index (Phi) is 3.39. The highest BCUT2D eigenvalue weighted by Crippen LogP contribution is 2.19. The SMILES string of the molecule is Cc1ccc(F)cc1NS(=O)(=O)c1ccc(=O)[nH]c1. The van der Waals surface area contributed by atoms with Crippen LogP contribution < -0.4 is 10.3 Å². The molecule has 0 atom stereocenters. The summed E-state index contributed by atoms with van der Waals surface area (Å²) in [5.74, 6) is -0.537. The lowest BCUT2D eigenvalue weighted by Crippen LogP contribution is -2.16. The lowest BCUT2D eigenvalue weighted by atomic mass is 10.2. The molecule has 0 aliphatic rings. The van der Waals surface area contributed by atoms with E-state index in [1.807, 2.05) is 0 Å². The van der Waals surface area contributed by atoms with Gasteiger partial charge in [-0.1, -0.05) is 6.07 Å². The molecule has 2 N–H and O–H groups in total. The minimum Gasteiger partial charge on any atom is -0.328 e. The van der Waals surface area contributed by atoms with Crippen molar-refractivity contribution >= 4 is 15.7 Å². The molecule has 0 amide bonds. The van der Waals surface area contributed by atoms with E-state index in [2.05, 4.69) is 9.71 Å². The average molecular weight is 282 g/mol. The smallest absolute Gasteiger partial charge is 0.263 e. The Labute approximate surface area is 109 Å². The highest BCUT2D eigenvalue weighted by molar-refractivity contribution is 7.92. The maximum absolute atomic E-state index is 13.1. The molecule has 0 aliphatic heterocycles. The standard InChI is InChI=1S/C12H11FN2O3S/c1-8-2-3-9(13)6-11(8)15-19(17,18)10-4-5-12(16)14-7-10/h2-7,15H,1H3,(H,14,16). The van der Waals surface area contributed by atoms with Gasteiger partial charge in [0, 0.05) is 12.3 Å². The Bertz CT molecular complexity index is 748. The maximum atomic E-state index is 13.1. The zero-order valence-electron chi connectivity index (χ0n) is 9.98. The highest BCUT2D eigenvalue weighted by atomic mass is 32.2. The minimum atomic E-state index is -3.86. The van der Waals surface area contributed by atoms with E-state index in [0.717, 1.165) is 18.3 Å². The molecule has 0 bridgehead atoms. The second-order valence-electron chi connectivity index (χ2n) is 3.95. The van der Waals surface area contributed by atoms with Gasteiger partial charge in [-0.25, -0.2) is 12.8 Å². The number of benzene rings is 1. The van der Waals surface area contributed by atoms with Gasteiger partial charge in [-0.2, -0.15) is 0 Å². The molecule has 7 heteroatoms. The molecule has 1 aromatic carbocycles. The van der Waals surface area contributed by atoms with Gasteiger partial charge in [-0.3, -0.25) is 9.52 Å². The molecule has 0 spiro atoms. The van der Waals surface area contributed by atoms with Gasteiger partial charge < -0.3 is 4.98 Å². The number of aromatic amines is 1. The topological polar surface area (TPSA) is 79.0 Å². The van der Waals surface area contributed by atoms with Crippen LogP contribution in [0, 0.1) is 12.7 Å². The molecule has 100 valence electrons. The Hall–Kier alpha value is -2.15. The average Bonchev–Trinajstić information content (AvgIpc) is 2.34. The molecular weight excluding hydrogens is 271 g/mol. The first kappa shape index (κ1) is 13.3. The first-order valence-electron chi connectivity index (χ1n) is 5.36. The first-order chi connectivity index (χ1) is 8.88. The molecule has 0 saturated carbocycles. The third-order valence-corrected chi connectivity index (χ3v) is 3.87. The predicted molar refractivity (Wildman–Crippen MR) is 69.0 cm³/mol. The monoisotopic (exact) mass is 282 g/mol. The third-order valence-electron chi connectivity index (χ3n) is 2.51. The normalized spacial score (nSPS) is 11.3. The van der Waals surface area contributed by atoms with Crippen molar-refractivity contribution in [1.29, 1.82) is 0 Å². The van der Waals surface area contributed by atoms with Crippen LogP contribution >= 0.6 is 0 Å². The maximum Gasteiger partial charge on any atom is 0.263 e. The lowest BCUT2D eigenvalue weighted by molar-refractivity contribution is 0.600. The van der Waals surface area contributed by atoms with Crippen molar-refractivity contribution in [2.45, 2.75) is 11.8 Å². The Morgan fingerprint density at radius 1 is 1.21 bits per heavy atom. The number of hydrogen-bond donors (Lipinski definition) is 2. The van der Waals surface area contributed by atoms with Crippen molar-refractivity contribution in [3.63, 3.8) is 0 Å². The van der Waals surface area contributed by atoms with Crippen LogP contribution in [-0.4, -0.2) is 13.4 Å². The van der Waals surface area contributed by atoms with Crippen LogP contribution in [0.5, 0.6) is 0 Å². The van der Waals surface area contributed by atoms with Crippen LogP contribution in [0.1, 0.15) is 5.56 Å². The van der Waals surface area contributed by atoms with E-state index in [0.29, 0.717) is 5.56 Å². The summed E-state index contributed by atoms with van der Waals surface area (Å²) in [6.07, 6.45) is 1.08. The van der Waals surface area contributed by atoms with Crippen molar-refractivity contribution in [1.82, 2.24) is 4.98 Å². The summed E-state index contributed by atoms with van der Waals surface area (Å²) < 4.78 is 39.4. The van der Waals surface area contributed by atoms with Gasteiger partial charge in [0.1, 0.15) is 10.7 Å². The van der Waals surface area contributed by atoms with E-state index in [1.165, 1.54) is 18.2 Å². The van der Waals surface area contributed by atoms with Crippen molar-refractivity contribution in [2.75, 3.05) is 4.72 Å². The van der Waals surface area contributed by atoms with Gasteiger partial charge in [0.05, 0.1) is 5.69 Å². The van der Waals surface area contributed by atoms with Crippen molar-refractivity contribution in [3.05, 3.63) is 58.3 Å². The number of H-pyrrole nitrogens is 1. The Morgan fingerprint density at radius 3 is 2.58 bits per heavy atom. The van der Waals surface area contributed by atoms with Crippen molar-refractivity contribution in [3.8, 4) is 0 Å². The first-order valence-corrected chi connectivity index (χ1v) is 6.84. The van der Waals surface area contributed by atoms with Crippen LogP contribution in [0.3, 0.4) is 0 Å². The summed E-state index contributed by atoms with van der Waals surface area (Å²) in [5.41, 5.74) is 0.349. The molecule has 2 aromatic rings. The fourth-order valence-electron chi connectivity index (χ4n) is 1.47. The Balaban J connectivity index is 2.39. The second kappa shape index (κ2) is 4.85. The van der Waals surface area contributed by atoms with Crippen LogP contribution in [0.15, 0.2) is 46.2 Å². The van der Waals surface area contributed by atoms with Gasteiger partial charge in [-0.05, 0) is 30.7 Å². The highest BCUT2D eigenvalue weighted by Gasteiger charge is 2.15. The molecule has 19 heavy (non-hydrogen) atoms. The molecular formula is C12H11FN2O3S. The number of sulfonamides is 1. The quantitative estimate of drug-likeness (QED) is 0.898. The van der Waals surface area contributed by atoms with Crippen LogP contribution in [-0.2, 0) is 10.0 Å². The summed E-state index contributed by atoms with van der Waals surface area (Å²) in [4.78, 5) is 13.1. The fourth-order valence-corrected chi connectivity index (χ4v) is 2.56. The summed E-state index contributed by atoms with van der Waals surface area (Å²) >= 11 is 0. The number of aromatic nitrogens is 1. The minimum absolute atomic E-state index is 0.101. The van der Waals surface area contributed by atoms with E-state index in [4.69, 9.17) is 0 Å². The predicted octanol–water partition coefficient (Wildman–Crippen LogP) is 1.62. The van der Waals surface area contributed by atoms with Gasteiger partial charge in [0.2, 0.25) is 5.56 Å². The molecule has 5 nitrogen and oxygen atoms in total. The fraction of sp³-hybridized carbons (Fsp3) is 0.0833. The van der Waals surface area contributed by atoms with E-state index >= 15 is 0 Å². The van der Waals surface area contributed by atoms with Crippen LogP contribution in [0.2, 0.25) is 0 Å². The van der Waals surface area contributed by atoms with Crippen LogP contribution in [0.4, 0.5) is 10.1 Å². The van der Waals surface area contributed by atoms with E-state index in [9.17, 15) is 17.6 Å². The van der Waals surface area contributed by atoms with Crippen molar-refractivity contribution < 1.29 is 12.8 Å². The lowest BCUT2D eigenvalue weighted by Gasteiger charge is -2.10.